The molecule has 6 atom stereocenters. The van der Waals surface area contributed by atoms with Gasteiger partial charge in [0.15, 0.2) is 0 Å². The summed E-state index contributed by atoms with van der Waals surface area (Å²) in [6.07, 6.45) is 3.85. The molecule has 4 fully saturated rings. The molecule has 19 heavy (non-hydrogen) atoms. The molecule has 0 radical (unpaired) electrons. The minimum atomic E-state index is -0.293. The summed E-state index contributed by atoms with van der Waals surface area (Å²) in [5.74, 6) is 1.26. The number of rotatable bonds is 0. The van der Waals surface area contributed by atoms with Gasteiger partial charge >= 0.3 is 11.9 Å². The summed E-state index contributed by atoms with van der Waals surface area (Å²) in [6.45, 7) is 1.34. The number of carbonyl (C=O) groups excluding carboxylic acids is 2. The molecule has 5 heteroatoms. The molecule has 2 aliphatic heterocycles. The van der Waals surface area contributed by atoms with E-state index in [1.54, 1.807) is 0 Å². The molecular formula is C14H18O5. The van der Waals surface area contributed by atoms with Crippen molar-refractivity contribution in [2.75, 3.05) is 13.2 Å². The van der Waals surface area contributed by atoms with E-state index in [0.29, 0.717) is 36.9 Å². The van der Waals surface area contributed by atoms with Crippen LogP contribution in [0.3, 0.4) is 0 Å². The lowest BCUT2D eigenvalue weighted by Gasteiger charge is -2.46. The summed E-state index contributed by atoms with van der Waals surface area (Å²) < 4.78 is 4.81. The summed E-state index contributed by atoms with van der Waals surface area (Å²) in [5.41, 5.74) is 0. The number of hydrogen-bond acceptors (Lipinski definition) is 5. The molecule has 0 aromatic heterocycles. The van der Waals surface area contributed by atoms with Gasteiger partial charge in [-0.3, -0.25) is 9.59 Å². The predicted molar refractivity (Wildman–Crippen MR) is 62.4 cm³/mol. The van der Waals surface area contributed by atoms with Crippen molar-refractivity contribution in [3.63, 3.8) is 0 Å². The first-order valence-corrected chi connectivity index (χ1v) is 7.22. The van der Waals surface area contributed by atoms with Gasteiger partial charge in [-0.2, -0.15) is 0 Å². The first-order chi connectivity index (χ1) is 9.22. The number of fused-ring (bicyclic) bond motifs is 3. The number of esters is 2. The average Bonchev–Trinajstić information content (AvgIpc) is 2.69. The van der Waals surface area contributed by atoms with Crippen molar-refractivity contribution in [3.8, 4) is 0 Å². The van der Waals surface area contributed by atoms with Crippen molar-refractivity contribution in [2.45, 2.75) is 25.7 Å². The molecule has 2 saturated carbocycles. The fourth-order valence-electron chi connectivity index (χ4n) is 4.56. The fraction of sp³-hybridized carbons (Fsp3) is 0.857. The predicted octanol–water partition coefficient (Wildman–Crippen LogP) is 1.32. The van der Waals surface area contributed by atoms with Crippen LogP contribution in [-0.4, -0.2) is 25.2 Å². The third-order valence-electron chi connectivity index (χ3n) is 5.60. The van der Waals surface area contributed by atoms with E-state index in [2.05, 4.69) is 0 Å². The van der Waals surface area contributed by atoms with Gasteiger partial charge in [0.1, 0.15) is 0 Å². The summed E-state index contributed by atoms with van der Waals surface area (Å²) >= 11 is 0. The Kier molecular flexibility index (Phi) is 2.67. The highest BCUT2D eigenvalue weighted by Gasteiger charge is 2.53. The monoisotopic (exact) mass is 266 g/mol. The molecule has 2 heterocycles. The molecule has 0 N–H and O–H groups in total. The molecule has 0 bridgehead atoms. The van der Waals surface area contributed by atoms with Gasteiger partial charge < -0.3 is 4.74 Å². The molecule has 2 saturated heterocycles. The van der Waals surface area contributed by atoms with Crippen LogP contribution in [0, 0.1) is 35.5 Å². The Bertz CT molecular complexity index is 382. The molecule has 2 aliphatic carbocycles. The van der Waals surface area contributed by atoms with Gasteiger partial charge in [-0.15, -0.1) is 0 Å². The maximum Gasteiger partial charge on any atom is 0.317 e. The first kappa shape index (κ1) is 11.9. The van der Waals surface area contributed by atoms with E-state index in [4.69, 9.17) is 14.5 Å². The van der Waals surface area contributed by atoms with E-state index in [9.17, 15) is 9.59 Å². The molecule has 4 aliphatic rings. The van der Waals surface area contributed by atoms with E-state index >= 15 is 0 Å². The number of hydrogen-bond donors (Lipinski definition) is 0. The molecule has 104 valence electrons. The van der Waals surface area contributed by atoms with Gasteiger partial charge in [0.2, 0.25) is 0 Å². The van der Waals surface area contributed by atoms with E-state index in [1.165, 1.54) is 0 Å². The Morgan fingerprint density at radius 1 is 0.684 bits per heavy atom. The van der Waals surface area contributed by atoms with Crippen LogP contribution < -0.4 is 0 Å². The van der Waals surface area contributed by atoms with Gasteiger partial charge in [-0.25, -0.2) is 9.78 Å². The summed E-state index contributed by atoms with van der Waals surface area (Å²) in [7, 11) is 0. The van der Waals surface area contributed by atoms with E-state index in [-0.39, 0.29) is 23.8 Å². The molecule has 0 aromatic carbocycles. The highest BCUT2D eigenvalue weighted by Crippen LogP contribution is 2.51. The van der Waals surface area contributed by atoms with Crippen molar-refractivity contribution >= 4 is 11.9 Å². The zero-order valence-electron chi connectivity index (χ0n) is 10.7. The van der Waals surface area contributed by atoms with Crippen LogP contribution in [0.4, 0.5) is 0 Å². The zero-order chi connectivity index (χ0) is 13.0. The summed E-state index contributed by atoms with van der Waals surface area (Å²) in [6, 6.07) is 0. The van der Waals surface area contributed by atoms with Gasteiger partial charge in [-0.05, 0) is 49.4 Å². The SMILES string of the molecule is O=C1OC(=O)C2CC3CC4COOCC4CC3CC12. The quantitative estimate of drug-likeness (QED) is 0.376. The Balaban J connectivity index is 1.53. The number of ether oxygens (including phenoxy) is 1. The smallest absolute Gasteiger partial charge is 0.317 e. The lowest BCUT2D eigenvalue weighted by Crippen LogP contribution is -2.44. The highest BCUT2D eigenvalue weighted by atomic mass is 17.2. The Morgan fingerprint density at radius 3 is 1.63 bits per heavy atom. The molecular weight excluding hydrogens is 248 g/mol. The maximum absolute atomic E-state index is 11.7. The highest BCUT2D eigenvalue weighted by molar-refractivity contribution is 5.96. The van der Waals surface area contributed by atoms with Crippen LogP contribution in [0.2, 0.25) is 0 Å². The topological polar surface area (TPSA) is 61.8 Å². The standard InChI is InChI=1S/C14H18O5/c15-13-11-3-7-1-9-5-17-18-6-10(9)2-8(7)4-12(11)14(16)19-13/h7-12H,1-6H2. The fourth-order valence-corrected chi connectivity index (χ4v) is 4.56. The van der Waals surface area contributed by atoms with Crippen LogP contribution in [0.15, 0.2) is 0 Å². The lowest BCUT2D eigenvalue weighted by molar-refractivity contribution is -0.344. The van der Waals surface area contributed by atoms with Crippen LogP contribution >= 0.6 is 0 Å². The third-order valence-corrected chi connectivity index (χ3v) is 5.60. The normalized spacial score (nSPS) is 49.1. The van der Waals surface area contributed by atoms with Crippen molar-refractivity contribution in [3.05, 3.63) is 0 Å². The Hall–Kier alpha value is -0.940. The summed E-state index contributed by atoms with van der Waals surface area (Å²) in [4.78, 5) is 33.6. The van der Waals surface area contributed by atoms with Crippen LogP contribution in [0.5, 0.6) is 0 Å². The number of carbonyl (C=O) groups is 2. The van der Waals surface area contributed by atoms with Crippen LogP contribution in [0.25, 0.3) is 0 Å². The maximum atomic E-state index is 11.7. The third kappa shape index (κ3) is 1.82. The van der Waals surface area contributed by atoms with E-state index in [1.807, 2.05) is 0 Å². The van der Waals surface area contributed by atoms with Crippen molar-refractivity contribution in [1.29, 1.82) is 0 Å². The van der Waals surface area contributed by atoms with Crippen molar-refractivity contribution in [1.82, 2.24) is 0 Å². The van der Waals surface area contributed by atoms with Gasteiger partial charge in [0.05, 0.1) is 25.0 Å². The first-order valence-electron chi connectivity index (χ1n) is 7.22. The minimum absolute atomic E-state index is 0.175. The molecule has 0 amide bonds. The molecule has 4 rings (SSSR count). The van der Waals surface area contributed by atoms with Crippen LogP contribution in [-0.2, 0) is 24.1 Å². The van der Waals surface area contributed by atoms with Crippen LogP contribution in [0.1, 0.15) is 25.7 Å². The van der Waals surface area contributed by atoms with Gasteiger partial charge in [0, 0.05) is 0 Å². The second-order valence-electron chi connectivity index (χ2n) is 6.51. The van der Waals surface area contributed by atoms with Crippen molar-refractivity contribution in [2.24, 2.45) is 35.5 Å². The minimum Gasteiger partial charge on any atom is -0.393 e. The molecule has 6 unspecified atom stereocenters. The van der Waals surface area contributed by atoms with Gasteiger partial charge in [-0.1, -0.05) is 0 Å². The molecule has 0 spiro atoms. The number of cyclic esters (lactones) is 2. The Morgan fingerprint density at radius 2 is 1.16 bits per heavy atom. The second-order valence-corrected chi connectivity index (χ2v) is 6.51. The van der Waals surface area contributed by atoms with Crippen molar-refractivity contribution < 1.29 is 24.1 Å². The largest absolute Gasteiger partial charge is 0.393 e. The molecule has 0 aromatic rings. The zero-order valence-corrected chi connectivity index (χ0v) is 10.7. The molecule has 5 nitrogen and oxygen atoms in total. The lowest BCUT2D eigenvalue weighted by atomic mass is 9.59. The Labute approximate surface area is 111 Å². The van der Waals surface area contributed by atoms with E-state index in [0.717, 1.165) is 25.7 Å². The summed E-state index contributed by atoms with van der Waals surface area (Å²) in [5, 5.41) is 0. The van der Waals surface area contributed by atoms with Gasteiger partial charge in [0.25, 0.3) is 0 Å². The van der Waals surface area contributed by atoms with E-state index < -0.39 is 0 Å². The second kappa shape index (κ2) is 4.28. The average molecular weight is 266 g/mol.